The Labute approximate surface area is 120 Å². The zero-order valence-corrected chi connectivity index (χ0v) is 12.9. The minimum Gasteiger partial charge on any atom is -0.493 e. The Bertz CT molecular complexity index is 472. The molecule has 0 atom stereocenters. The molecule has 1 N–H and O–H groups in total. The second-order valence-electron chi connectivity index (χ2n) is 5.73. The van der Waals surface area contributed by atoms with Gasteiger partial charge in [-0.1, -0.05) is 26.8 Å². The molecule has 4 nitrogen and oxygen atoms in total. The molecule has 0 saturated heterocycles. The van der Waals surface area contributed by atoms with Crippen molar-refractivity contribution < 1.29 is 19.4 Å². The third-order valence-corrected chi connectivity index (χ3v) is 2.87. The van der Waals surface area contributed by atoms with Crippen LogP contribution in [0.5, 0.6) is 5.75 Å². The number of hydrogen-bond donors (Lipinski definition) is 1. The number of ether oxygens (including phenoxy) is 2. The van der Waals surface area contributed by atoms with E-state index in [4.69, 9.17) is 14.6 Å². The van der Waals surface area contributed by atoms with Crippen molar-refractivity contribution in [2.45, 2.75) is 40.0 Å². The summed E-state index contributed by atoms with van der Waals surface area (Å²) in [7, 11) is 0. The van der Waals surface area contributed by atoms with Crippen LogP contribution >= 0.6 is 0 Å². The van der Waals surface area contributed by atoms with Crippen LogP contribution in [0.15, 0.2) is 12.1 Å². The molecule has 0 unspecified atom stereocenters. The molecule has 1 aromatic rings. The number of carbonyl (C=O) groups is 1. The Hall–Kier alpha value is -1.55. The van der Waals surface area contributed by atoms with Crippen molar-refractivity contribution >= 4 is 5.97 Å². The Kier molecular flexibility index (Phi) is 5.57. The first kappa shape index (κ1) is 16.5. The van der Waals surface area contributed by atoms with E-state index < -0.39 is 5.97 Å². The van der Waals surface area contributed by atoms with Crippen molar-refractivity contribution in [1.29, 1.82) is 0 Å². The maximum absolute atomic E-state index is 12.1. The minimum absolute atomic E-state index is 0.0107. The van der Waals surface area contributed by atoms with Gasteiger partial charge in [0.1, 0.15) is 17.9 Å². The van der Waals surface area contributed by atoms with Gasteiger partial charge < -0.3 is 14.6 Å². The largest absolute Gasteiger partial charge is 0.493 e. The van der Waals surface area contributed by atoms with Gasteiger partial charge in [-0.05, 0) is 30.9 Å². The van der Waals surface area contributed by atoms with Crippen LogP contribution in [-0.2, 0) is 10.2 Å². The highest BCUT2D eigenvalue weighted by Gasteiger charge is 2.25. The van der Waals surface area contributed by atoms with Crippen LogP contribution in [0.1, 0.15) is 49.2 Å². The van der Waals surface area contributed by atoms with Crippen LogP contribution in [0.3, 0.4) is 0 Å². The fraction of sp³-hybridized carbons (Fsp3) is 0.562. The number of hydrogen-bond acceptors (Lipinski definition) is 4. The molecule has 20 heavy (non-hydrogen) atoms. The second-order valence-corrected chi connectivity index (χ2v) is 5.73. The Balaban J connectivity index is 3.34. The molecule has 0 aliphatic heterocycles. The van der Waals surface area contributed by atoms with Gasteiger partial charge in [-0.2, -0.15) is 0 Å². The van der Waals surface area contributed by atoms with Gasteiger partial charge in [-0.25, -0.2) is 4.79 Å². The first-order chi connectivity index (χ1) is 9.31. The van der Waals surface area contributed by atoms with Gasteiger partial charge in [0.15, 0.2) is 0 Å². The van der Waals surface area contributed by atoms with E-state index in [2.05, 4.69) is 20.8 Å². The molecular weight excluding hydrogens is 256 g/mol. The molecule has 112 valence electrons. The summed E-state index contributed by atoms with van der Waals surface area (Å²) in [4.78, 5) is 12.1. The van der Waals surface area contributed by atoms with Crippen LogP contribution in [0.2, 0.25) is 0 Å². The lowest BCUT2D eigenvalue weighted by Gasteiger charge is -2.25. The fourth-order valence-corrected chi connectivity index (χ4v) is 2.00. The maximum Gasteiger partial charge on any atom is 0.342 e. The highest BCUT2D eigenvalue weighted by Crippen LogP contribution is 2.35. The number of rotatable bonds is 5. The number of aliphatic hydroxyl groups is 1. The lowest BCUT2D eigenvalue weighted by molar-refractivity contribution is 0.0429. The van der Waals surface area contributed by atoms with Crippen molar-refractivity contribution in [3.63, 3.8) is 0 Å². The van der Waals surface area contributed by atoms with Crippen molar-refractivity contribution in [3.8, 4) is 5.75 Å². The molecule has 0 bridgehead atoms. The van der Waals surface area contributed by atoms with E-state index in [1.165, 1.54) is 0 Å². The molecule has 4 heteroatoms. The molecule has 0 amide bonds. The summed E-state index contributed by atoms with van der Waals surface area (Å²) in [6.07, 6.45) is 0. The predicted octanol–water partition coefficient (Wildman–Crippen LogP) is 2.84. The number of aliphatic hydroxyl groups excluding tert-OH is 1. The third kappa shape index (κ3) is 3.97. The van der Waals surface area contributed by atoms with E-state index in [-0.39, 0.29) is 18.6 Å². The maximum atomic E-state index is 12.1. The van der Waals surface area contributed by atoms with Gasteiger partial charge in [0.25, 0.3) is 0 Å². The molecule has 0 fully saturated rings. The van der Waals surface area contributed by atoms with Crippen molar-refractivity contribution in [2.24, 2.45) is 0 Å². The highest BCUT2D eigenvalue weighted by atomic mass is 16.5. The van der Waals surface area contributed by atoms with Gasteiger partial charge in [0, 0.05) is 5.56 Å². The molecule has 0 spiro atoms. The van der Waals surface area contributed by atoms with Gasteiger partial charge in [-0.3, -0.25) is 0 Å². The number of carbonyl (C=O) groups excluding carboxylic acids is 1. The normalized spacial score (nSPS) is 11.3. The van der Waals surface area contributed by atoms with Crippen LogP contribution in [0.4, 0.5) is 0 Å². The summed E-state index contributed by atoms with van der Waals surface area (Å²) in [6, 6.07) is 3.80. The summed E-state index contributed by atoms with van der Waals surface area (Å²) >= 11 is 0. The van der Waals surface area contributed by atoms with Crippen LogP contribution in [-0.4, -0.2) is 30.9 Å². The molecule has 0 heterocycles. The predicted molar refractivity (Wildman–Crippen MR) is 78.4 cm³/mol. The van der Waals surface area contributed by atoms with E-state index in [9.17, 15) is 4.79 Å². The van der Waals surface area contributed by atoms with Crippen molar-refractivity contribution in [2.75, 3.05) is 19.8 Å². The van der Waals surface area contributed by atoms with Gasteiger partial charge in [-0.15, -0.1) is 0 Å². The fourth-order valence-electron chi connectivity index (χ4n) is 2.00. The van der Waals surface area contributed by atoms with Gasteiger partial charge in [0.05, 0.1) is 13.2 Å². The van der Waals surface area contributed by atoms with E-state index >= 15 is 0 Å². The number of aryl methyl sites for hydroxylation is 1. The van der Waals surface area contributed by atoms with E-state index in [0.717, 1.165) is 11.1 Å². The molecule has 0 aromatic heterocycles. The first-order valence-corrected chi connectivity index (χ1v) is 6.87. The first-order valence-electron chi connectivity index (χ1n) is 6.87. The Morgan fingerprint density at radius 1 is 1.30 bits per heavy atom. The van der Waals surface area contributed by atoms with Crippen LogP contribution < -0.4 is 4.74 Å². The molecular formula is C16H24O4. The van der Waals surface area contributed by atoms with E-state index in [1.54, 1.807) is 6.07 Å². The third-order valence-electron chi connectivity index (χ3n) is 2.87. The Morgan fingerprint density at radius 3 is 2.45 bits per heavy atom. The summed E-state index contributed by atoms with van der Waals surface area (Å²) in [5, 5.41) is 8.76. The molecule has 0 saturated carbocycles. The number of benzene rings is 1. The topological polar surface area (TPSA) is 55.8 Å². The Morgan fingerprint density at radius 2 is 1.95 bits per heavy atom. The lowest BCUT2D eigenvalue weighted by Crippen LogP contribution is -2.18. The average molecular weight is 280 g/mol. The van der Waals surface area contributed by atoms with E-state index in [0.29, 0.717) is 17.9 Å². The molecule has 1 aromatic carbocycles. The summed E-state index contributed by atoms with van der Waals surface area (Å²) in [6.45, 7) is 10.3. The smallest absolute Gasteiger partial charge is 0.342 e. The molecule has 0 aliphatic carbocycles. The average Bonchev–Trinajstić information content (AvgIpc) is 2.36. The second kappa shape index (κ2) is 6.75. The highest BCUT2D eigenvalue weighted by molar-refractivity contribution is 5.93. The summed E-state index contributed by atoms with van der Waals surface area (Å²) in [5.74, 6) is 0.116. The van der Waals surface area contributed by atoms with Crippen LogP contribution in [0, 0.1) is 6.92 Å². The number of esters is 1. The summed E-state index contributed by atoms with van der Waals surface area (Å²) < 4.78 is 10.7. The molecule has 0 aliphatic rings. The van der Waals surface area contributed by atoms with Crippen molar-refractivity contribution in [3.05, 3.63) is 28.8 Å². The van der Waals surface area contributed by atoms with Gasteiger partial charge in [0.2, 0.25) is 0 Å². The van der Waals surface area contributed by atoms with Crippen LogP contribution in [0.25, 0.3) is 0 Å². The quantitative estimate of drug-likeness (QED) is 0.843. The zero-order valence-electron chi connectivity index (χ0n) is 12.9. The minimum atomic E-state index is -0.461. The lowest BCUT2D eigenvalue weighted by atomic mass is 9.84. The van der Waals surface area contributed by atoms with Gasteiger partial charge >= 0.3 is 5.97 Å². The van der Waals surface area contributed by atoms with Crippen molar-refractivity contribution in [1.82, 2.24) is 0 Å². The standard InChI is InChI=1S/C16H24O4/c1-6-19-14-12(15(18)20-8-7-17)9-11(2)10-13(14)16(3,4)5/h9-10,17H,6-8H2,1-5H3. The molecule has 1 rings (SSSR count). The zero-order chi connectivity index (χ0) is 15.3. The molecule has 0 radical (unpaired) electrons. The summed E-state index contributed by atoms with van der Waals surface area (Å²) in [5.41, 5.74) is 2.25. The monoisotopic (exact) mass is 280 g/mol. The SMILES string of the molecule is CCOc1c(C(=O)OCCO)cc(C)cc1C(C)(C)C. The van der Waals surface area contributed by atoms with E-state index in [1.807, 2.05) is 19.9 Å².